The van der Waals surface area contributed by atoms with Gasteiger partial charge in [-0.05, 0) is 37.3 Å². The molecule has 1 heteroatoms. The summed E-state index contributed by atoms with van der Waals surface area (Å²) in [6.07, 6.45) is 5.37. The van der Waals surface area contributed by atoms with E-state index in [1.165, 1.54) is 11.1 Å². The lowest BCUT2D eigenvalue weighted by Crippen LogP contribution is -2.41. The van der Waals surface area contributed by atoms with E-state index in [1.54, 1.807) is 0 Å². The Morgan fingerprint density at radius 2 is 1.50 bits per heavy atom. The fraction of sp³-hybridized carbons (Fsp3) is 0.263. The van der Waals surface area contributed by atoms with Crippen LogP contribution >= 0.6 is 0 Å². The molecule has 2 aromatic carbocycles. The maximum absolute atomic E-state index is 6.34. The van der Waals surface area contributed by atoms with Crippen LogP contribution in [-0.4, -0.2) is 5.54 Å². The molecule has 0 saturated heterocycles. The van der Waals surface area contributed by atoms with Crippen molar-refractivity contribution >= 4 is 6.08 Å². The molecule has 0 aliphatic heterocycles. The Labute approximate surface area is 122 Å². The summed E-state index contributed by atoms with van der Waals surface area (Å²) in [4.78, 5) is 0. The molecule has 2 aromatic rings. The van der Waals surface area contributed by atoms with Gasteiger partial charge in [-0.15, -0.1) is 0 Å². The van der Waals surface area contributed by atoms with Crippen molar-refractivity contribution in [1.29, 1.82) is 0 Å². The fourth-order valence-corrected chi connectivity index (χ4v) is 2.24. The highest BCUT2D eigenvalue weighted by Gasteiger charge is 2.22. The molecule has 0 spiro atoms. The molecule has 0 saturated carbocycles. The predicted molar refractivity (Wildman–Crippen MR) is 87.4 cm³/mol. The van der Waals surface area contributed by atoms with Crippen LogP contribution < -0.4 is 5.73 Å². The van der Waals surface area contributed by atoms with Gasteiger partial charge < -0.3 is 5.73 Å². The topological polar surface area (TPSA) is 26.0 Å². The molecule has 1 unspecified atom stereocenters. The highest BCUT2D eigenvalue weighted by molar-refractivity contribution is 5.49. The SMILES string of the molecule is CC(C)(N)C(C=Cc1ccccc1)Cc1ccccc1. The van der Waals surface area contributed by atoms with Gasteiger partial charge in [0.05, 0.1) is 0 Å². The van der Waals surface area contributed by atoms with Gasteiger partial charge in [-0.25, -0.2) is 0 Å². The lowest BCUT2D eigenvalue weighted by molar-refractivity contribution is 0.382. The normalized spacial score (nSPS) is 13.6. The summed E-state index contributed by atoms with van der Waals surface area (Å²) in [5.41, 5.74) is 8.65. The minimum absolute atomic E-state index is 0.235. The molecule has 0 fully saturated rings. The molecule has 20 heavy (non-hydrogen) atoms. The molecule has 0 bridgehead atoms. The molecule has 0 heterocycles. The number of hydrogen-bond donors (Lipinski definition) is 1. The van der Waals surface area contributed by atoms with E-state index in [1.807, 2.05) is 12.1 Å². The zero-order chi connectivity index (χ0) is 14.4. The van der Waals surface area contributed by atoms with Crippen molar-refractivity contribution in [2.24, 2.45) is 11.7 Å². The zero-order valence-electron chi connectivity index (χ0n) is 12.3. The van der Waals surface area contributed by atoms with E-state index in [0.29, 0.717) is 5.92 Å². The molecular formula is C19H23N. The molecule has 2 N–H and O–H groups in total. The molecule has 1 nitrogen and oxygen atoms in total. The Hall–Kier alpha value is -1.86. The van der Waals surface area contributed by atoms with Crippen LogP contribution in [0.5, 0.6) is 0 Å². The average molecular weight is 265 g/mol. The van der Waals surface area contributed by atoms with Crippen molar-refractivity contribution in [3.05, 3.63) is 77.9 Å². The van der Waals surface area contributed by atoms with Crippen LogP contribution in [0.3, 0.4) is 0 Å². The molecule has 104 valence electrons. The number of nitrogens with two attached hydrogens (primary N) is 1. The molecule has 1 atom stereocenters. The second kappa shape index (κ2) is 6.53. The van der Waals surface area contributed by atoms with Gasteiger partial charge in [0.25, 0.3) is 0 Å². The van der Waals surface area contributed by atoms with E-state index in [0.717, 1.165) is 6.42 Å². The first-order valence-electron chi connectivity index (χ1n) is 7.12. The summed E-state index contributed by atoms with van der Waals surface area (Å²) in [6, 6.07) is 20.9. The minimum Gasteiger partial charge on any atom is -0.325 e. The van der Waals surface area contributed by atoms with Gasteiger partial charge in [0.1, 0.15) is 0 Å². The van der Waals surface area contributed by atoms with E-state index >= 15 is 0 Å². The smallest absolute Gasteiger partial charge is 0.0163 e. The first-order valence-corrected chi connectivity index (χ1v) is 7.12. The standard InChI is InChI=1S/C19H23N/c1-19(2,20)18(15-17-11-7-4-8-12-17)14-13-16-9-5-3-6-10-16/h3-14,18H,15,20H2,1-2H3. The number of rotatable bonds is 5. The lowest BCUT2D eigenvalue weighted by atomic mass is 9.83. The summed E-state index contributed by atoms with van der Waals surface area (Å²) in [5.74, 6) is 0.310. The first-order chi connectivity index (χ1) is 9.55. The predicted octanol–water partition coefficient (Wildman–Crippen LogP) is 4.30. The van der Waals surface area contributed by atoms with Crippen LogP contribution in [0.1, 0.15) is 25.0 Å². The molecule has 0 aromatic heterocycles. The van der Waals surface area contributed by atoms with Gasteiger partial charge >= 0.3 is 0 Å². The number of benzene rings is 2. The van der Waals surface area contributed by atoms with Crippen LogP contribution in [0.2, 0.25) is 0 Å². The largest absolute Gasteiger partial charge is 0.325 e. The lowest BCUT2D eigenvalue weighted by Gasteiger charge is -2.28. The van der Waals surface area contributed by atoms with E-state index in [2.05, 4.69) is 74.5 Å². The van der Waals surface area contributed by atoms with E-state index in [4.69, 9.17) is 5.73 Å². The molecule has 0 aliphatic carbocycles. The van der Waals surface area contributed by atoms with Crippen molar-refractivity contribution < 1.29 is 0 Å². The monoisotopic (exact) mass is 265 g/mol. The zero-order valence-corrected chi connectivity index (χ0v) is 12.3. The van der Waals surface area contributed by atoms with E-state index in [9.17, 15) is 0 Å². The Bertz CT molecular complexity index is 535. The number of hydrogen-bond acceptors (Lipinski definition) is 1. The molecular weight excluding hydrogens is 242 g/mol. The Morgan fingerprint density at radius 1 is 0.950 bits per heavy atom. The van der Waals surface area contributed by atoms with Gasteiger partial charge in [-0.1, -0.05) is 72.8 Å². The van der Waals surface area contributed by atoms with Crippen LogP contribution in [0, 0.1) is 5.92 Å². The van der Waals surface area contributed by atoms with Crippen LogP contribution in [-0.2, 0) is 6.42 Å². The Kier molecular flexibility index (Phi) is 4.75. The van der Waals surface area contributed by atoms with Gasteiger partial charge in [0.2, 0.25) is 0 Å². The van der Waals surface area contributed by atoms with E-state index in [-0.39, 0.29) is 5.54 Å². The minimum atomic E-state index is -0.235. The third-order valence-corrected chi connectivity index (χ3v) is 3.57. The maximum atomic E-state index is 6.34. The summed E-state index contributed by atoms with van der Waals surface area (Å²) < 4.78 is 0. The van der Waals surface area contributed by atoms with Crippen molar-refractivity contribution in [3.8, 4) is 0 Å². The van der Waals surface area contributed by atoms with Crippen molar-refractivity contribution in [2.45, 2.75) is 25.8 Å². The van der Waals surface area contributed by atoms with Crippen molar-refractivity contribution in [1.82, 2.24) is 0 Å². The average Bonchev–Trinajstić information content (AvgIpc) is 2.44. The summed E-state index contributed by atoms with van der Waals surface area (Å²) in [7, 11) is 0. The van der Waals surface area contributed by atoms with Gasteiger partial charge in [-0.3, -0.25) is 0 Å². The highest BCUT2D eigenvalue weighted by Crippen LogP contribution is 2.22. The Morgan fingerprint density at radius 3 is 2.05 bits per heavy atom. The molecule has 0 aliphatic rings. The Balaban J connectivity index is 2.15. The third-order valence-electron chi connectivity index (χ3n) is 3.57. The van der Waals surface area contributed by atoms with Crippen molar-refractivity contribution in [2.75, 3.05) is 0 Å². The quantitative estimate of drug-likeness (QED) is 0.857. The molecule has 2 rings (SSSR count). The van der Waals surface area contributed by atoms with Crippen LogP contribution in [0.25, 0.3) is 6.08 Å². The molecule has 0 amide bonds. The first kappa shape index (κ1) is 14.5. The van der Waals surface area contributed by atoms with Gasteiger partial charge in [-0.2, -0.15) is 0 Å². The summed E-state index contributed by atoms with van der Waals surface area (Å²) in [6.45, 7) is 4.19. The second-order valence-corrected chi connectivity index (χ2v) is 5.89. The third kappa shape index (κ3) is 4.36. The highest BCUT2D eigenvalue weighted by atomic mass is 14.7. The summed E-state index contributed by atoms with van der Waals surface area (Å²) >= 11 is 0. The molecule has 0 radical (unpaired) electrons. The maximum Gasteiger partial charge on any atom is 0.0163 e. The van der Waals surface area contributed by atoms with Gasteiger partial charge in [0.15, 0.2) is 0 Å². The van der Waals surface area contributed by atoms with Crippen molar-refractivity contribution in [3.63, 3.8) is 0 Å². The second-order valence-electron chi connectivity index (χ2n) is 5.89. The van der Waals surface area contributed by atoms with E-state index < -0.39 is 0 Å². The van der Waals surface area contributed by atoms with Crippen LogP contribution in [0.15, 0.2) is 66.7 Å². The fourth-order valence-electron chi connectivity index (χ4n) is 2.24. The summed E-state index contributed by atoms with van der Waals surface area (Å²) in [5, 5.41) is 0. The van der Waals surface area contributed by atoms with Gasteiger partial charge in [0, 0.05) is 5.54 Å². The van der Waals surface area contributed by atoms with Crippen LogP contribution in [0.4, 0.5) is 0 Å².